The molecule has 0 heterocycles. The van der Waals surface area contributed by atoms with Crippen LogP contribution >= 0.6 is 11.8 Å². The molecule has 0 saturated heterocycles. The first-order valence-electron chi connectivity index (χ1n) is 6.58. The molecule has 0 fully saturated rings. The van der Waals surface area contributed by atoms with Gasteiger partial charge >= 0.3 is 0 Å². The normalized spacial score (nSPS) is 13.3. The second-order valence-electron chi connectivity index (χ2n) is 5.11. The van der Waals surface area contributed by atoms with Crippen LogP contribution in [0.4, 0.5) is 0 Å². The second-order valence-corrected chi connectivity index (χ2v) is 6.73. The van der Waals surface area contributed by atoms with Crippen LogP contribution in [0.3, 0.4) is 0 Å². The first-order valence-corrected chi connectivity index (χ1v) is 7.46. The summed E-state index contributed by atoms with van der Waals surface area (Å²) in [6.07, 6.45) is 0.868. The number of ketones is 1. The van der Waals surface area contributed by atoms with Gasteiger partial charge in [0.25, 0.3) is 0 Å². The summed E-state index contributed by atoms with van der Waals surface area (Å²) >= 11 is 1.84. The Morgan fingerprint density at radius 2 is 1.74 bits per heavy atom. The molecular weight excluding hydrogens is 252 g/mol. The number of hydrogen-bond acceptors (Lipinski definition) is 2. The molecule has 0 bridgehead atoms. The Balaban J connectivity index is 2.12. The van der Waals surface area contributed by atoms with Crippen molar-refractivity contribution in [1.82, 2.24) is 0 Å². The van der Waals surface area contributed by atoms with Gasteiger partial charge in [0.05, 0.1) is 0 Å². The van der Waals surface area contributed by atoms with Gasteiger partial charge in [-0.1, -0.05) is 50.2 Å². The van der Waals surface area contributed by atoms with Gasteiger partial charge in [0.15, 0.2) is 5.78 Å². The van der Waals surface area contributed by atoms with Crippen LogP contribution in [0.15, 0.2) is 47.4 Å². The molecule has 2 heteroatoms. The monoisotopic (exact) mass is 268 g/mol. The lowest BCUT2D eigenvalue weighted by Gasteiger charge is -2.21. The third-order valence-corrected chi connectivity index (χ3v) is 4.48. The molecular formula is C17H16OS. The summed E-state index contributed by atoms with van der Waals surface area (Å²) in [7, 11) is 0. The third-order valence-electron chi connectivity index (χ3n) is 3.37. The molecule has 0 aromatic heterocycles. The number of carbonyl (C=O) groups is 1. The summed E-state index contributed by atoms with van der Waals surface area (Å²) in [6.45, 7) is 4.37. The first kappa shape index (κ1) is 12.5. The van der Waals surface area contributed by atoms with E-state index in [0.717, 1.165) is 23.1 Å². The van der Waals surface area contributed by atoms with Crippen LogP contribution < -0.4 is 0 Å². The average molecular weight is 268 g/mol. The molecule has 0 unspecified atom stereocenters. The SMILES string of the molecule is CC(C)Sc1cccc2c1Cc1ccccc1C2=O. The molecule has 0 amide bonds. The highest BCUT2D eigenvalue weighted by Crippen LogP contribution is 2.35. The summed E-state index contributed by atoms with van der Waals surface area (Å²) in [6, 6.07) is 14.0. The summed E-state index contributed by atoms with van der Waals surface area (Å²) < 4.78 is 0. The second kappa shape index (κ2) is 4.86. The lowest BCUT2D eigenvalue weighted by atomic mass is 9.85. The van der Waals surface area contributed by atoms with E-state index in [1.54, 1.807) is 0 Å². The highest BCUT2D eigenvalue weighted by molar-refractivity contribution is 8.00. The third kappa shape index (κ3) is 2.21. The number of carbonyl (C=O) groups excluding carboxylic acids is 1. The van der Waals surface area contributed by atoms with Crippen LogP contribution in [0.1, 0.15) is 40.9 Å². The minimum Gasteiger partial charge on any atom is -0.289 e. The van der Waals surface area contributed by atoms with Gasteiger partial charge < -0.3 is 0 Å². The number of thioether (sulfide) groups is 1. The van der Waals surface area contributed by atoms with Crippen LogP contribution in [-0.4, -0.2) is 11.0 Å². The molecule has 3 rings (SSSR count). The molecule has 19 heavy (non-hydrogen) atoms. The predicted octanol–water partition coefficient (Wildman–Crippen LogP) is 4.32. The first-order chi connectivity index (χ1) is 9.16. The Bertz CT molecular complexity index is 643. The Morgan fingerprint density at radius 1 is 1.00 bits per heavy atom. The lowest BCUT2D eigenvalue weighted by Crippen LogP contribution is -2.15. The number of rotatable bonds is 2. The van der Waals surface area contributed by atoms with Gasteiger partial charge in [-0.3, -0.25) is 4.79 Å². The maximum atomic E-state index is 12.5. The zero-order chi connectivity index (χ0) is 13.4. The molecule has 0 radical (unpaired) electrons. The van der Waals surface area contributed by atoms with Crippen molar-refractivity contribution in [2.75, 3.05) is 0 Å². The van der Waals surface area contributed by atoms with Crippen molar-refractivity contribution in [3.05, 3.63) is 64.7 Å². The molecule has 2 aromatic rings. The lowest BCUT2D eigenvalue weighted by molar-refractivity contribution is 0.103. The topological polar surface area (TPSA) is 17.1 Å². The Labute approximate surface area is 118 Å². The summed E-state index contributed by atoms with van der Waals surface area (Å²) in [5.41, 5.74) is 4.09. The fourth-order valence-electron chi connectivity index (χ4n) is 2.56. The fourth-order valence-corrected chi connectivity index (χ4v) is 3.55. The molecule has 0 N–H and O–H groups in total. The number of benzene rings is 2. The molecule has 96 valence electrons. The molecule has 0 spiro atoms. The van der Waals surface area contributed by atoms with E-state index in [-0.39, 0.29) is 5.78 Å². The molecule has 1 aliphatic carbocycles. The number of fused-ring (bicyclic) bond motifs is 2. The standard InChI is InChI=1S/C17H16OS/c1-11(2)19-16-9-5-8-14-15(16)10-12-6-3-4-7-13(12)17(14)18/h3-9,11H,10H2,1-2H3. The Hall–Kier alpha value is -1.54. The van der Waals surface area contributed by atoms with Crippen molar-refractivity contribution in [2.45, 2.75) is 30.4 Å². The van der Waals surface area contributed by atoms with Gasteiger partial charge in [-0.05, 0) is 17.2 Å². The molecule has 2 aromatic carbocycles. The minimum atomic E-state index is 0.169. The van der Waals surface area contributed by atoms with Crippen LogP contribution in [0.2, 0.25) is 0 Å². The quantitative estimate of drug-likeness (QED) is 0.644. The van der Waals surface area contributed by atoms with Crippen molar-refractivity contribution < 1.29 is 4.79 Å². The Kier molecular flexibility index (Phi) is 3.19. The van der Waals surface area contributed by atoms with Gasteiger partial charge in [0.2, 0.25) is 0 Å². The maximum absolute atomic E-state index is 12.5. The van der Waals surface area contributed by atoms with E-state index in [4.69, 9.17) is 0 Å². The highest BCUT2D eigenvalue weighted by atomic mass is 32.2. The predicted molar refractivity (Wildman–Crippen MR) is 80.1 cm³/mol. The van der Waals surface area contributed by atoms with Gasteiger partial charge in [-0.15, -0.1) is 11.8 Å². The van der Waals surface area contributed by atoms with E-state index in [0.29, 0.717) is 5.25 Å². The largest absolute Gasteiger partial charge is 0.289 e. The van der Waals surface area contributed by atoms with Crippen LogP contribution in [-0.2, 0) is 6.42 Å². The van der Waals surface area contributed by atoms with Gasteiger partial charge in [-0.25, -0.2) is 0 Å². The summed E-state index contributed by atoms with van der Waals surface area (Å²) in [5, 5.41) is 0.527. The van der Waals surface area contributed by atoms with E-state index in [1.807, 2.05) is 42.1 Å². The summed E-state index contributed by atoms with van der Waals surface area (Å²) in [5.74, 6) is 0.169. The molecule has 1 nitrogen and oxygen atoms in total. The van der Waals surface area contributed by atoms with Gasteiger partial charge in [0, 0.05) is 27.7 Å². The smallest absolute Gasteiger partial charge is 0.193 e. The van der Waals surface area contributed by atoms with Crippen LogP contribution in [0, 0.1) is 0 Å². The number of hydrogen-bond donors (Lipinski definition) is 0. The Morgan fingerprint density at radius 3 is 2.53 bits per heavy atom. The maximum Gasteiger partial charge on any atom is 0.193 e. The highest BCUT2D eigenvalue weighted by Gasteiger charge is 2.24. The van der Waals surface area contributed by atoms with E-state index >= 15 is 0 Å². The van der Waals surface area contributed by atoms with Crippen molar-refractivity contribution in [3.63, 3.8) is 0 Å². The van der Waals surface area contributed by atoms with Crippen molar-refractivity contribution in [1.29, 1.82) is 0 Å². The van der Waals surface area contributed by atoms with Crippen LogP contribution in [0.25, 0.3) is 0 Å². The zero-order valence-corrected chi connectivity index (χ0v) is 12.0. The van der Waals surface area contributed by atoms with Crippen molar-refractivity contribution in [3.8, 4) is 0 Å². The summed E-state index contributed by atoms with van der Waals surface area (Å²) in [4.78, 5) is 13.8. The van der Waals surface area contributed by atoms with E-state index in [9.17, 15) is 4.79 Å². The van der Waals surface area contributed by atoms with E-state index in [2.05, 4.69) is 26.0 Å². The minimum absolute atomic E-state index is 0.169. The zero-order valence-electron chi connectivity index (χ0n) is 11.1. The fraction of sp³-hybridized carbons (Fsp3) is 0.235. The molecule has 0 atom stereocenters. The average Bonchev–Trinajstić information content (AvgIpc) is 2.40. The van der Waals surface area contributed by atoms with Crippen LogP contribution in [0.5, 0.6) is 0 Å². The van der Waals surface area contributed by atoms with Crippen molar-refractivity contribution in [2.24, 2.45) is 0 Å². The van der Waals surface area contributed by atoms with E-state index in [1.165, 1.54) is 10.5 Å². The molecule has 0 aliphatic heterocycles. The van der Waals surface area contributed by atoms with Gasteiger partial charge in [0.1, 0.15) is 0 Å². The van der Waals surface area contributed by atoms with Gasteiger partial charge in [-0.2, -0.15) is 0 Å². The van der Waals surface area contributed by atoms with Crippen molar-refractivity contribution >= 4 is 17.5 Å². The molecule has 0 saturated carbocycles. The van der Waals surface area contributed by atoms with E-state index < -0.39 is 0 Å². The molecule has 1 aliphatic rings.